The van der Waals surface area contributed by atoms with Gasteiger partial charge in [-0.15, -0.1) is 0 Å². The molecule has 11 nitrogen and oxygen atoms in total. The van der Waals surface area contributed by atoms with Gasteiger partial charge in [0.15, 0.2) is 0 Å². The minimum atomic E-state index is -0.949. The van der Waals surface area contributed by atoms with E-state index in [4.69, 9.17) is 15.6 Å². The van der Waals surface area contributed by atoms with Crippen molar-refractivity contribution in [2.75, 3.05) is 32.8 Å². The number of amides is 4. The predicted octanol–water partition coefficient (Wildman–Crippen LogP) is -1.48. The maximum Gasteiger partial charge on any atom is 0.305 e. The van der Waals surface area contributed by atoms with Crippen LogP contribution in [0.1, 0.15) is 32.1 Å². The second-order valence-corrected chi connectivity index (χ2v) is 6.41. The number of hydrogen-bond donors (Lipinski definition) is 4. The van der Waals surface area contributed by atoms with Crippen molar-refractivity contribution in [2.45, 2.75) is 38.1 Å². The summed E-state index contributed by atoms with van der Waals surface area (Å²) in [4.78, 5) is 57.6. The summed E-state index contributed by atoms with van der Waals surface area (Å²) in [6.45, 7) is 0.902. The second-order valence-electron chi connectivity index (χ2n) is 6.41. The molecule has 11 heteroatoms. The van der Waals surface area contributed by atoms with Crippen molar-refractivity contribution >= 4 is 29.6 Å². The summed E-state index contributed by atoms with van der Waals surface area (Å²) in [5.74, 6) is -2.30. The Morgan fingerprint density at radius 3 is 2.34 bits per heavy atom. The zero-order valence-corrected chi connectivity index (χ0v) is 16.2. The molecule has 29 heavy (non-hydrogen) atoms. The topological polar surface area (TPSA) is 168 Å². The van der Waals surface area contributed by atoms with Crippen molar-refractivity contribution in [1.29, 1.82) is 0 Å². The highest BCUT2D eigenvalue weighted by molar-refractivity contribution is 6.12. The number of rotatable bonds is 15. The van der Waals surface area contributed by atoms with Crippen LogP contribution in [0, 0.1) is 0 Å². The Morgan fingerprint density at radius 1 is 1.03 bits per heavy atom. The lowest BCUT2D eigenvalue weighted by Gasteiger charge is -2.16. The Morgan fingerprint density at radius 2 is 1.69 bits per heavy atom. The van der Waals surface area contributed by atoms with Crippen LogP contribution < -0.4 is 16.4 Å². The summed E-state index contributed by atoms with van der Waals surface area (Å²) >= 11 is 0. The summed E-state index contributed by atoms with van der Waals surface area (Å²) in [5, 5.41) is 13.7. The first-order valence-electron chi connectivity index (χ1n) is 9.44. The van der Waals surface area contributed by atoms with E-state index in [-0.39, 0.29) is 51.0 Å². The quantitative estimate of drug-likeness (QED) is 0.187. The number of hydrogen-bond acceptors (Lipinski definition) is 7. The molecular formula is C18H28N4O7. The highest BCUT2D eigenvalue weighted by atomic mass is 16.5. The van der Waals surface area contributed by atoms with E-state index in [1.54, 1.807) is 0 Å². The van der Waals surface area contributed by atoms with Gasteiger partial charge in [-0.1, -0.05) is 0 Å². The molecule has 0 aliphatic carbocycles. The molecule has 1 aliphatic heterocycles. The number of aliphatic carboxylic acids is 1. The highest BCUT2D eigenvalue weighted by Crippen LogP contribution is 2.02. The van der Waals surface area contributed by atoms with E-state index in [0.717, 1.165) is 4.90 Å². The van der Waals surface area contributed by atoms with Crippen LogP contribution in [0.15, 0.2) is 12.2 Å². The van der Waals surface area contributed by atoms with Crippen LogP contribution in [-0.2, 0) is 28.7 Å². The number of nitrogens with zero attached hydrogens (tertiary/aromatic N) is 1. The monoisotopic (exact) mass is 412 g/mol. The van der Waals surface area contributed by atoms with E-state index in [9.17, 15) is 24.0 Å². The second kappa shape index (κ2) is 13.4. The van der Waals surface area contributed by atoms with Gasteiger partial charge in [-0.25, -0.2) is 0 Å². The largest absolute Gasteiger partial charge is 0.481 e. The van der Waals surface area contributed by atoms with Crippen LogP contribution in [0.5, 0.6) is 0 Å². The van der Waals surface area contributed by atoms with Gasteiger partial charge in [0.05, 0.1) is 25.7 Å². The van der Waals surface area contributed by atoms with Gasteiger partial charge in [0, 0.05) is 38.2 Å². The minimum Gasteiger partial charge on any atom is -0.481 e. The van der Waals surface area contributed by atoms with Crippen LogP contribution in [0.25, 0.3) is 0 Å². The SMILES string of the molecule is NC(CCCCNC(=O)CCOCCC(=O)O)C(=O)NCCN1C(=O)C=CC1=O. The molecule has 1 aliphatic rings. The Kier molecular flexibility index (Phi) is 11.2. The van der Waals surface area contributed by atoms with E-state index < -0.39 is 23.8 Å². The normalized spacial score (nSPS) is 14.2. The molecule has 1 unspecified atom stereocenters. The van der Waals surface area contributed by atoms with Gasteiger partial charge < -0.3 is 26.2 Å². The molecule has 0 spiro atoms. The average molecular weight is 412 g/mol. The maximum atomic E-state index is 11.9. The van der Waals surface area contributed by atoms with E-state index in [2.05, 4.69) is 10.6 Å². The number of carbonyl (C=O) groups excluding carboxylic acids is 4. The third-order valence-corrected chi connectivity index (χ3v) is 4.07. The van der Waals surface area contributed by atoms with Crippen molar-refractivity contribution in [3.8, 4) is 0 Å². The lowest BCUT2D eigenvalue weighted by atomic mass is 10.1. The molecule has 0 radical (unpaired) electrons. The number of unbranched alkanes of at least 4 members (excludes halogenated alkanes) is 1. The van der Waals surface area contributed by atoms with Gasteiger partial charge in [0.1, 0.15) is 0 Å². The number of nitrogens with two attached hydrogens (primary N) is 1. The van der Waals surface area contributed by atoms with Gasteiger partial charge in [-0.05, 0) is 19.3 Å². The van der Waals surface area contributed by atoms with Crippen molar-refractivity contribution in [1.82, 2.24) is 15.5 Å². The molecule has 0 aromatic heterocycles. The Balaban J connectivity index is 2.01. The smallest absolute Gasteiger partial charge is 0.305 e. The molecule has 162 valence electrons. The fourth-order valence-electron chi connectivity index (χ4n) is 2.44. The summed E-state index contributed by atoms with van der Waals surface area (Å²) in [5.41, 5.74) is 5.81. The number of carbonyl (C=O) groups is 5. The fourth-order valence-corrected chi connectivity index (χ4v) is 2.44. The molecule has 4 amide bonds. The molecule has 0 aromatic carbocycles. The van der Waals surface area contributed by atoms with Crippen LogP contribution in [0.4, 0.5) is 0 Å². The molecule has 1 heterocycles. The summed E-state index contributed by atoms with van der Waals surface area (Å²) in [7, 11) is 0. The zero-order chi connectivity index (χ0) is 21.6. The molecule has 0 fully saturated rings. The fraction of sp³-hybridized carbons (Fsp3) is 0.611. The van der Waals surface area contributed by atoms with Crippen molar-refractivity contribution in [3.63, 3.8) is 0 Å². The van der Waals surface area contributed by atoms with Crippen LogP contribution in [0.3, 0.4) is 0 Å². The predicted molar refractivity (Wildman–Crippen MR) is 101 cm³/mol. The summed E-state index contributed by atoms with van der Waals surface area (Å²) in [6.07, 6.45) is 4.14. The Labute approximate surface area is 168 Å². The van der Waals surface area contributed by atoms with E-state index in [1.165, 1.54) is 12.2 Å². The number of nitrogens with one attached hydrogen (secondary N) is 2. The number of imide groups is 1. The number of ether oxygens (including phenoxy) is 1. The van der Waals surface area contributed by atoms with Crippen molar-refractivity contribution in [3.05, 3.63) is 12.2 Å². The highest BCUT2D eigenvalue weighted by Gasteiger charge is 2.23. The van der Waals surface area contributed by atoms with Crippen LogP contribution >= 0.6 is 0 Å². The Bertz CT molecular complexity index is 618. The summed E-state index contributed by atoms with van der Waals surface area (Å²) < 4.78 is 5.03. The first kappa shape index (κ1) is 24.2. The van der Waals surface area contributed by atoms with Gasteiger partial charge in [-0.3, -0.25) is 28.9 Å². The van der Waals surface area contributed by atoms with Crippen LogP contribution in [0.2, 0.25) is 0 Å². The van der Waals surface area contributed by atoms with Crippen molar-refractivity contribution < 1.29 is 33.8 Å². The standard InChI is InChI=1S/C18H28N4O7/c19-13(18(28)21-9-10-22-15(24)4-5-16(22)25)3-1-2-8-20-14(23)6-11-29-12-7-17(26)27/h4-5,13H,1-3,6-12,19H2,(H,20,23)(H,21,28)(H,26,27). The van der Waals surface area contributed by atoms with E-state index in [0.29, 0.717) is 25.8 Å². The van der Waals surface area contributed by atoms with Gasteiger partial charge in [0.2, 0.25) is 11.8 Å². The average Bonchev–Trinajstić information content (AvgIpc) is 2.98. The molecule has 0 saturated carbocycles. The van der Waals surface area contributed by atoms with Crippen molar-refractivity contribution in [2.24, 2.45) is 5.73 Å². The molecule has 0 bridgehead atoms. The zero-order valence-electron chi connectivity index (χ0n) is 16.2. The van der Waals surface area contributed by atoms with Crippen LogP contribution in [-0.4, -0.2) is 78.5 Å². The molecule has 0 aromatic rings. The number of carboxylic acid groups (broad SMARTS) is 1. The summed E-state index contributed by atoms with van der Waals surface area (Å²) in [6, 6.07) is -0.712. The molecule has 0 saturated heterocycles. The first-order chi connectivity index (χ1) is 13.8. The first-order valence-corrected chi connectivity index (χ1v) is 9.44. The lowest BCUT2D eigenvalue weighted by Crippen LogP contribution is -2.44. The molecule has 1 rings (SSSR count). The third-order valence-electron chi connectivity index (χ3n) is 4.07. The minimum absolute atomic E-state index is 0.0735. The van der Waals surface area contributed by atoms with Gasteiger partial charge in [-0.2, -0.15) is 0 Å². The van der Waals surface area contributed by atoms with Gasteiger partial charge >= 0.3 is 5.97 Å². The maximum absolute atomic E-state index is 11.9. The number of carboxylic acids is 1. The van der Waals surface area contributed by atoms with E-state index in [1.807, 2.05) is 0 Å². The molecular weight excluding hydrogens is 384 g/mol. The Hall–Kier alpha value is -2.79. The third kappa shape index (κ3) is 10.4. The molecule has 5 N–H and O–H groups in total. The molecule has 1 atom stereocenters. The lowest BCUT2D eigenvalue weighted by molar-refractivity contribution is -0.139. The van der Waals surface area contributed by atoms with Gasteiger partial charge in [0.25, 0.3) is 11.8 Å². The van der Waals surface area contributed by atoms with E-state index >= 15 is 0 Å².